The highest BCUT2D eigenvalue weighted by atomic mass is 79.9. The van der Waals surface area contributed by atoms with Crippen LogP contribution in [0.1, 0.15) is 0 Å². The Hall–Kier alpha value is -1.83. The summed E-state index contributed by atoms with van der Waals surface area (Å²) in [7, 11) is 0. The molecule has 0 aliphatic rings. The Morgan fingerprint density at radius 2 is 2.05 bits per heavy atom. The van der Waals surface area contributed by atoms with Gasteiger partial charge >= 0.3 is 6.03 Å². The molecule has 1 heterocycles. The normalized spacial score (nSPS) is 10.9. The first kappa shape index (κ1) is 15.1. The average Bonchev–Trinajstić information content (AvgIpc) is 2.86. The monoisotopic (exact) mass is 399 g/mol. The van der Waals surface area contributed by atoms with Crippen LogP contribution in [-0.2, 0) is 0 Å². The van der Waals surface area contributed by atoms with Crippen molar-refractivity contribution >= 4 is 61.9 Å². The number of hydrogen-bond donors (Lipinski definition) is 1. The second-order valence-electron chi connectivity index (χ2n) is 4.33. The van der Waals surface area contributed by atoms with Crippen LogP contribution in [0.3, 0.4) is 0 Å². The Labute approximate surface area is 143 Å². The number of hydrogen-bond acceptors (Lipinski definition) is 3. The summed E-state index contributed by atoms with van der Waals surface area (Å²) in [6.45, 7) is 0. The summed E-state index contributed by atoms with van der Waals surface area (Å²) in [5, 5.41) is 9.60. The number of halogens is 3. The van der Waals surface area contributed by atoms with Crippen molar-refractivity contribution in [1.29, 1.82) is 0 Å². The summed E-state index contributed by atoms with van der Waals surface area (Å²) < 4.78 is 0.846. The molecule has 6 nitrogen and oxygen atoms in total. The van der Waals surface area contributed by atoms with Gasteiger partial charge in [0.05, 0.1) is 15.7 Å². The third-order valence-corrected chi connectivity index (χ3v) is 4.25. The standard InChI is InChI=1S/C13H8BrCl2N5O/c14-7-4-5-10-9(6-7)18-19-21(10)20(13(17)22)11-3-1-2-8(15)12(11)16/h1-6H,(H2,17,22). The topological polar surface area (TPSA) is 77.0 Å². The predicted molar refractivity (Wildman–Crippen MR) is 89.2 cm³/mol. The molecule has 2 N–H and O–H groups in total. The number of primary amides is 1. The first-order valence-electron chi connectivity index (χ1n) is 6.04. The van der Waals surface area contributed by atoms with Crippen molar-refractivity contribution in [1.82, 2.24) is 15.1 Å². The Kier molecular flexibility index (Phi) is 3.94. The number of fused-ring (bicyclic) bond motifs is 1. The van der Waals surface area contributed by atoms with Crippen LogP contribution in [0.5, 0.6) is 0 Å². The molecule has 0 fully saturated rings. The van der Waals surface area contributed by atoms with Crippen molar-refractivity contribution < 1.29 is 4.79 Å². The molecule has 1 aromatic heterocycles. The van der Waals surface area contributed by atoms with E-state index in [1.54, 1.807) is 36.4 Å². The molecule has 2 amide bonds. The van der Waals surface area contributed by atoms with E-state index < -0.39 is 6.03 Å². The number of benzene rings is 2. The van der Waals surface area contributed by atoms with Crippen molar-refractivity contribution in [2.75, 3.05) is 5.01 Å². The van der Waals surface area contributed by atoms with Crippen LogP contribution in [0.25, 0.3) is 11.0 Å². The second kappa shape index (κ2) is 5.75. The molecule has 9 heteroatoms. The molecule has 0 spiro atoms. The van der Waals surface area contributed by atoms with E-state index >= 15 is 0 Å². The minimum atomic E-state index is -0.765. The summed E-state index contributed by atoms with van der Waals surface area (Å²) in [5.41, 5.74) is 6.99. The van der Waals surface area contributed by atoms with Gasteiger partial charge in [0.1, 0.15) is 11.0 Å². The zero-order valence-corrected chi connectivity index (χ0v) is 14.0. The first-order valence-corrected chi connectivity index (χ1v) is 7.59. The van der Waals surface area contributed by atoms with Crippen LogP contribution in [0, 0.1) is 0 Å². The number of urea groups is 1. The fraction of sp³-hybridized carbons (Fsp3) is 0. The van der Waals surface area contributed by atoms with E-state index in [1.165, 1.54) is 4.79 Å². The lowest BCUT2D eigenvalue weighted by atomic mass is 10.3. The summed E-state index contributed by atoms with van der Waals surface area (Å²) in [6.07, 6.45) is 0. The van der Waals surface area contributed by atoms with Gasteiger partial charge < -0.3 is 5.73 Å². The molecule has 0 saturated heterocycles. The lowest BCUT2D eigenvalue weighted by molar-refractivity contribution is 0.251. The molecule has 0 unspecified atom stereocenters. The van der Waals surface area contributed by atoms with E-state index in [4.69, 9.17) is 28.9 Å². The number of carbonyl (C=O) groups excluding carboxylic acids is 1. The summed E-state index contributed by atoms with van der Waals surface area (Å²) >= 11 is 15.5. The largest absolute Gasteiger partial charge is 0.350 e. The minimum absolute atomic E-state index is 0.198. The Morgan fingerprint density at radius 1 is 1.27 bits per heavy atom. The minimum Gasteiger partial charge on any atom is -0.350 e. The molecule has 2 aromatic carbocycles. The zero-order valence-electron chi connectivity index (χ0n) is 10.9. The molecule has 0 aliphatic heterocycles. The maximum atomic E-state index is 11.9. The molecule has 0 aliphatic carbocycles. The highest BCUT2D eigenvalue weighted by Crippen LogP contribution is 2.33. The van der Waals surface area contributed by atoms with Gasteiger partial charge in [-0.25, -0.2) is 4.79 Å². The molecule has 0 radical (unpaired) electrons. The fourth-order valence-corrected chi connectivity index (χ4v) is 2.73. The number of nitrogens with two attached hydrogens (primary N) is 1. The molecular weight excluding hydrogens is 393 g/mol. The smallest absolute Gasteiger partial charge is 0.340 e. The summed E-state index contributed by atoms with van der Waals surface area (Å²) in [4.78, 5) is 13.2. The maximum Gasteiger partial charge on any atom is 0.340 e. The second-order valence-corrected chi connectivity index (χ2v) is 6.04. The highest BCUT2D eigenvalue weighted by Gasteiger charge is 2.22. The van der Waals surface area contributed by atoms with E-state index in [2.05, 4.69) is 26.2 Å². The molecule has 0 atom stereocenters. The molecule has 112 valence electrons. The maximum absolute atomic E-state index is 11.9. The Morgan fingerprint density at radius 3 is 2.77 bits per heavy atom. The van der Waals surface area contributed by atoms with Crippen LogP contribution in [0.4, 0.5) is 10.5 Å². The number of carbonyl (C=O) groups is 1. The van der Waals surface area contributed by atoms with Crippen molar-refractivity contribution in [2.24, 2.45) is 5.73 Å². The summed E-state index contributed by atoms with van der Waals surface area (Å²) in [6, 6.07) is 9.47. The number of amides is 2. The first-order chi connectivity index (χ1) is 10.5. The van der Waals surface area contributed by atoms with Crippen LogP contribution >= 0.6 is 39.1 Å². The molecule has 3 rings (SSSR count). The molecule has 0 saturated carbocycles. The van der Waals surface area contributed by atoms with Gasteiger partial charge in [0.2, 0.25) is 0 Å². The molecule has 0 bridgehead atoms. The van der Waals surface area contributed by atoms with Crippen LogP contribution < -0.4 is 10.7 Å². The zero-order chi connectivity index (χ0) is 15.9. The summed E-state index contributed by atoms with van der Waals surface area (Å²) in [5.74, 6) is 0. The Bertz CT molecular complexity index is 882. The van der Waals surface area contributed by atoms with Crippen molar-refractivity contribution in [3.8, 4) is 0 Å². The fourth-order valence-electron chi connectivity index (χ4n) is 2.00. The average molecular weight is 401 g/mol. The van der Waals surface area contributed by atoms with Gasteiger partial charge in [-0.2, -0.15) is 5.01 Å². The number of nitrogens with zero attached hydrogens (tertiary/aromatic N) is 4. The Balaban J connectivity index is 2.23. The van der Waals surface area contributed by atoms with Gasteiger partial charge in [0.25, 0.3) is 0 Å². The lowest BCUT2D eigenvalue weighted by Crippen LogP contribution is -2.41. The third kappa shape index (κ3) is 2.51. The molecule has 3 aromatic rings. The van der Waals surface area contributed by atoms with Gasteiger partial charge in [-0.15, -0.1) is 9.89 Å². The van der Waals surface area contributed by atoms with E-state index in [9.17, 15) is 4.79 Å². The lowest BCUT2D eigenvalue weighted by Gasteiger charge is -2.21. The number of rotatable bonds is 2. The van der Waals surface area contributed by atoms with Crippen molar-refractivity contribution in [2.45, 2.75) is 0 Å². The van der Waals surface area contributed by atoms with Crippen LogP contribution in [-0.4, -0.2) is 21.1 Å². The van der Waals surface area contributed by atoms with E-state index in [0.29, 0.717) is 21.7 Å². The van der Waals surface area contributed by atoms with Crippen LogP contribution in [0.2, 0.25) is 10.0 Å². The van der Waals surface area contributed by atoms with Crippen LogP contribution in [0.15, 0.2) is 40.9 Å². The van der Waals surface area contributed by atoms with Crippen molar-refractivity contribution in [3.63, 3.8) is 0 Å². The van der Waals surface area contributed by atoms with Gasteiger partial charge in [0.15, 0.2) is 0 Å². The highest BCUT2D eigenvalue weighted by molar-refractivity contribution is 9.10. The predicted octanol–water partition coefficient (Wildman–Crippen LogP) is 3.85. The van der Waals surface area contributed by atoms with E-state index in [1.807, 2.05) is 0 Å². The SMILES string of the molecule is NC(=O)N(c1cccc(Cl)c1Cl)n1nnc2cc(Br)ccc21. The van der Waals surface area contributed by atoms with Gasteiger partial charge in [-0.3, -0.25) is 0 Å². The third-order valence-electron chi connectivity index (χ3n) is 2.95. The van der Waals surface area contributed by atoms with Gasteiger partial charge in [0, 0.05) is 4.47 Å². The van der Waals surface area contributed by atoms with E-state index in [0.717, 1.165) is 9.48 Å². The number of anilines is 1. The molecular formula is C13H8BrCl2N5O. The van der Waals surface area contributed by atoms with Crippen molar-refractivity contribution in [3.05, 3.63) is 50.9 Å². The van der Waals surface area contributed by atoms with Gasteiger partial charge in [-0.05, 0) is 35.5 Å². The molecule has 22 heavy (non-hydrogen) atoms. The quantitative estimate of drug-likeness (QED) is 0.709. The van der Waals surface area contributed by atoms with Gasteiger partial charge in [-0.1, -0.05) is 45.2 Å². The van der Waals surface area contributed by atoms with E-state index in [-0.39, 0.29) is 5.02 Å². The number of aromatic nitrogens is 3.